The Bertz CT molecular complexity index is 6240. The van der Waals surface area contributed by atoms with Crippen molar-refractivity contribution in [1.82, 2.24) is 55.5 Å². The number of aromatic amines is 2. The number of carbonyl (C=O) groups is 8. The SMILES string of the molecule is CC(C)(C)OC(=O)N1CCC[C@H]1C1=NS(=O)(=O)c2ccc(-c3ccc4c(c3)C(F)(F)c3cc(-c5cnc([C@@H]6CCCN6C(=O)OC(C)(C)C)[nH]5)ccc3-4)cc2N1.COC(=O)N[C@H](C(=O)N1CCC[C@H]1C1=NS(=O)(=O)c2ccc(-c3ccc4c(c3)C(F)(F)c3cc(-c5cnc([C@@H]6CCCN6C(=O)[C@@H](NC(=O)OC)C(C)C)[nH]5)ccc3-4)cc2N1)C(C)C.COC(=O)N[C@H](C(=O)O)C(C)C.S.S.S.S.S.S.S. The molecule has 16 rings (SSSR count). The molecular formula is C93H121F4N15O18S9. The van der Waals surface area contributed by atoms with Gasteiger partial charge in [-0.3, -0.25) is 19.4 Å². The number of aliphatic carboxylic acids is 1. The van der Waals surface area contributed by atoms with Crippen molar-refractivity contribution < 1.29 is 102 Å². The number of carboxylic acids is 1. The largest absolute Gasteiger partial charge is 0.480 e. The molecule has 0 bridgehead atoms. The van der Waals surface area contributed by atoms with E-state index in [1.165, 1.54) is 67.5 Å². The quantitative estimate of drug-likeness (QED) is 0.0310. The monoisotopic (exact) mass is 2100 g/mol. The summed E-state index contributed by atoms with van der Waals surface area (Å²) < 4.78 is 153. The smallest absolute Gasteiger partial charge is 0.410 e. The van der Waals surface area contributed by atoms with Crippen molar-refractivity contribution in [1.29, 1.82) is 0 Å². The third kappa shape index (κ3) is 24.3. The van der Waals surface area contributed by atoms with Gasteiger partial charge in [0.05, 0.1) is 80.7 Å². The number of carboxylic acid groups (broad SMARTS) is 1. The Balaban J connectivity index is 0.000000325. The minimum atomic E-state index is -4.21. The van der Waals surface area contributed by atoms with Crippen LogP contribution >= 0.6 is 94.5 Å². The minimum absolute atomic E-state index is 0. The third-order valence-corrected chi connectivity index (χ3v) is 26.9. The molecular weight excluding hydrogens is 1980 g/mol. The molecule has 4 fully saturated rings. The molecule has 4 saturated heterocycles. The lowest BCUT2D eigenvalue weighted by Crippen LogP contribution is -2.54. The lowest BCUT2D eigenvalue weighted by molar-refractivity contribution is -0.140. The van der Waals surface area contributed by atoms with Crippen LogP contribution in [-0.2, 0) is 70.0 Å². The Hall–Kier alpha value is -10.5. The number of aromatic nitrogens is 4. The van der Waals surface area contributed by atoms with Gasteiger partial charge >= 0.3 is 36.4 Å². The van der Waals surface area contributed by atoms with Gasteiger partial charge in [0.15, 0.2) is 0 Å². The zero-order valence-electron chi connectivity index (χ0n) is 79.1. The first-order valence-electron chi connectivity index (χ1n) is 43.5. The number of nitrogens with one attached hydrogen (secondary N) is 7. The molecule has 7 amide bonds. The van der Waals surface area contributed by atoms with E-state index in [0.29, 0.717) is 143 Å². The molecule has 0 saturated carbocycles. The highest BCUT2D eigenvalue weighted by Crippen LogP contribution is 2.55. The number of H-pyrrole nitrogens is 2. The molecule has 46 heteroatoms. The molecule has 8 N–H and O–H groups in total. The second kappa shape index (κ2) is 45.6. The van der Waals surface area contributed by atoms with Gasteiger partial charge in [-0.2, -0.15) is 129 Å². The molecule has 8 aromatic rings. The number of carbonyl (C=O) groups excluding carboxylic acids is 7. The van der Waals surface area contributed by atoms with Crippen LogP contribution in [0.3, 0.4) is 0 Å². The number of amides is 7. The summed E-state index contributed by atoms with van der Waals surface area (Å²) in [4.78, 5) is 120. The molecule has 758 valence electrons. The number of anilines is 2. The number of nitrogens with zero attached hydrogens (tertiary/aromatic N) is 8. The molecule has 0 spiro atoms. The second-order valence-electron chi connectivity index (χ2n) is 36.6. The Kier molecular flexibility index (Phi) is 37.9. The summed E-state index contributed by atoms with van der Waals surface area (Å²) in [6.45, 7) is 23.1. The number of halogens is 4. The van der Waals surface area contributed by atoms with Crippen LogP contribution in [0.5, 0.6) is 0 Å². The molecule has 2 aliphatic carbocycles. The minimum Gasteiger partial charge on any atom is -0.480 e. The number of methoxy groups -OCH3 is 3. The van der Waals surface area contributed by atoms with E-state index in [9.17, 15) is 55.2 Å². The van der Waals surface area contributed by atoms with E-state index in [4.69, 9.17) is 24.1 Å². The number of alkyl halides is 4. The van der Waals surface area contributed by atoms with Crippen molar-refractivity contribution in [2.75, 3.05) is 58.1 Å². The average molecular weight is 2100 g/mol. The van der Waals surface area contributed by atoms with Crippen LogP contribution in [0.4, 0.5) is 52.9 Å². The van der Waals surface area contributed by atoms with Gasteiger partial charge in [-0.25, -0.2) is 38.7 Å². The first kappa shape index (κ1) is 115. The van der Waals surface area contributed by atoms with Gasteiger partial charge in [-0.15, -0.1) is 8.80 Å². The van der Waals surface area contributed by atoms with Crippen LogP contribution in [0, 0.1) is 17.8 Å². The molecule has 6 aliphatic heterocycles. The van der Waals surface area contributed by atoms with E-state index in [-0.39, 0.29) is 179 Å². The van der Waals surface area contributed by atoms with Gasteiger partial charge in [0.25, 0.3) is 31.9 Å². The summed E-state index contributed by atoms with van der Waals surface area (Å²) in [5.74, 6) is -7.88. The normalized spacial score (nSPS) is 18.7. The van der Waals surface area contributed by atoms with E-state index in [2.05, 4.69) is 60.1 Å². The fourth-order valence-corrected chi connectivity index (χ4v) is 20.0. The van der Waals surface area contributed by atoms with Gasteiger partial charge < -0.3 is 75.1 Å². The number of fused-ring (bicyclic) bond motifs is 8. The first-order valence-corrected chi connectivity index (χ1v) is 46.4. The van der Waals surface area contributed by atoms with Crippen molar-refractivity contribution in [3.05, 3.63) is 155 Å². The number of hydrogen-bond acceptors (Lipinski definition) is 21. The van der Waals surface area contributed by atoms with Crippen molar-refractivity contribution >= 4 is 186 Å². The Morgan fingerprint density at radius 1 is 0.417 bits per heavy atom. The van der Waals surface area contributed by atoms with Crippen molar-refractivity contribution in [3.63, 3.8) is 0 Å². The zero-order valence-corrected chi connectivity index (χ0v) is 87.7. The fraction of sp³-hybridized carbons (Fsp3) is 0.441. The number of alkyl carbamates (subject to hydrolysis) is 3. The predicted molar refractivity (Wildman–Crippen MR) is 554 cm³/mol. The summed E-state index contributed by atoms with van der Waals surface area (Å²) in [5.41, 5.74) is 3.89. The Labute approximate surface area is 853 Å². The summed E-state index contributed by atoms with van der Waals surface area (Å²) in [5, 5.41) is 22.3. The first-order chi connectivity index (χ1) is 62.2. The second-order valence-corrected chi connectivity index (χ2v) is 39.7. The van der Waals surface area contributed by atoms with E-state index in [0.717, 1.165) is 12.8 Å². The van der Waals surface area contributed by atoms with Gasteiger partial charge in [0.2, 0.25) is 11.8 Å². The number of ether oxygens (including phenoxy) is 5. The summed E-state index contributed by atoms with van der Waals surface area (Å²) in [6, 6.07) is 23.8. The van der Waals surface area contributed by atoms with Crippen LogP contribution in [0.1, 0.15) is 180 Å². The van der Waals surface area contributed by atoms with Crippen LogP contribution in [0.2, 0.25) is 0 Å². The fourth-order valence-electron chi connectivity index (χ4n) is 17.7. The highest BCUT2D eigenvalue weighted by atomic mass is 32.2. The topological polar surface area (TPSA) is 426 Å². The van der Waals surface area contributed by atoms with Gasteiger partial charge in [0, 0.05) is 59.6 Å². The standard InChI is InChI=1S/C45H50F2N8O8S.C41H44F2N6O6S.C7H13NO4.7H2S/c1-23(2)37(51-43(58)62-5)41(56)54-17-7-9-34(54)39-48-22-33(50-39)27-12-15-29-28-14-11-25(19-30(28)45(46,47)31(29)20-27)26-13-16-36-32(21-26)49-40(53-64(36,60)61)35-10-8-18-55(35)42(57)38(24(3)4)52-44(59)63-6;1-39(2,3)54-37(50)48-17-7-9-32(48)35-44-22-31(46-35)25-12-15-27-26-14-11-23(19-28(26)41(42,43)29(27)20-25)24-13-16-34-30(21-24)45-36(47-56(34,52)53)33-10-8-18-49(33)38(51)55-40(4,5)6;1-4(2)5(6(9)10)8-7(11)12-3;;;;;;;/h11-16,19-24,34-35,37-38H,7-10,17-18H2,1-6H3,(H,48,50)(H,49,53)(H,51,58)(H,52,59);11-16,19-22,32-33H,7-10,17-18H2,1-6H3,(H,44,46)(H,45,47);4-5H,1-3H3,(H,8,11)(H,9,10);7*1H2/t34-,35-,37-,38-;32-,33-;5-;;;;;;;/m000......./s1. The number of imidazole rings is 2. The maximum Gasteiger partial charge on any atom is 0.410 e. The summed E-state index contributed by atoms with van der Waals surface area (Å²) in [7, 11) is -4.71. The zero-order chi connectivity index (χ0) is 95.5. The molecule has 139 heavy (non-hydrogen) atoms. The molecule has 7 atom stereocenters. The van der Waals surface area contributed by atoms with Crippen LogP contribution in [0.15, 0.2) is 140 Å². The molecule has 8 aliphatic rings. The van der Waals surface area contributed by atoms with Crippen molar-refractivity contribution in [3.8, 4) is 67.0 Å². The van der Waals surface area contributed by atoms with Crippen LogP contribution in [0.25, 0.3) is 67.0 Å². The number of likely N-dealkylation sites (tertiary alicyclic amines) is 4. The maximum absolute atomic E-state index is 16.6. The molecule has 8 heterocycles. The number of rotatable bonds is 17. The van der Waals surface area contributed by atoms with Crippen LogP contribution in [-0.4, -0.2) is 210 Å². The lowest BCUT2D eigenvalue weighted by Gasteiger charge is -2.32. The average Bonchev–Trinajstić information content (AvgIpc) is 1.58. The van der Waals surface area contributed by atoms with Gasteiger partial charge in [-0.05, 0) is 204 Å². The van der Waals surface area contributed by atoms with Gasteiger partial charge in [0.1, 0.15) is 62.4 Å². The van der Waals surface area contributed by atoms with E-state index in [1.54, 1.807) is 143 Å². The van der Waals surface area contributed by atoms with E-state index < -0.39 is 122 Å². The number of hydrogen-bond donors (Lipinski definition) is 8. The number of amidine groups is 2. The van der Waals surface area contributed by atoms with Gasteiger partial charge in [-0.1, -0.05) is 102 Å². The predicted octanol–water partition coefficient (Wildman–Crippen LogP) is 16.9. The Morgan fingerprint density at radius 2 is 0.698 bits per heavy atom. The van der Waals surface area contributed by atoms with Crippen molar-refractivity contribution in [2.45, 2.75) is 210 Å². The number of benzene rings is 6. The maximum atomic E-state index is 16.6. The molecule has 6 aromatic carbocycles. The molecule has 0 radical (unpaired) electrons. The summed E-state index contributed by atoms with van der Waals surface area (Å²) >= 11 is 0. The van der Waals surface area contributed by atoms with Crippen molar-refractivity contribution in [2.24, 2.45) is 26.5 Å². The van der Waals surface area contributed by atoms with E-state index >= 15 is 17.6 Å². The third-order valence-electron chi connectivity index (χ3n) is 24.2. The highest BCUT2D eigenvalue weighted by Gasteiger charge is 2.49. The summed E-state index contributed by atoms with van der Waals surface area (Å²) in [6.07, 6.45) is 4.96. The molecule has 0 unspecified atom stereocenters. The lowest BCUT2D eigenvalue weighted by atomic mass is 9.98. The van der Waals surface area contributed by atoms with Crippen LogP contribution < -0.4 is 26.6 Å². The van der Waals surface area contributed by atoms with E-state index in [1.807, 2.05) is 34.6 Å². The molecule has 2 aromatic heterocycles. The molecule has 33 nitrogen and oxygen atoms in total. The highest BCUT2D eigenvalue weighted by molar-refractivity contribution is 7.91. The Morgan fingerprint density at radius 3 is 1.03 bits per heavy atom. The number of sulfonamides is 2.